The van der Waals surface area contributed by atoms with E-state index < -0.39 is 5.97 Å². The van der Waals surface area contributed by atoms with Gasteiger partial charge in [0.25, 0.3) is 0 Å². The Bertz CT molecular complexity index is 645. The van der Waals surface area contributed by atoms with Crippen molar-refractivity contribution < 1.29 is 14.3 Å². The lowest BCUT2D eigenvalue weighted by Crippen LogP contribution is -2.03. The van der Waals surface area contributed by atoms with Crippen molar-refractivity contribution >= 4 is 5.97 Å². The third-order valence-corrected chi connectivity index (χ3v) is 3.38. The molecule has 0 fully saturated rings. The molecule has 0 aliphatic rings. The molecule has 0 unspecified atom stereocenters. The third-order valence-electron chi connectivity index (χ3n) is 3.38. The Labute approximate surface area is 125 Å². The second-order valence-electron chi connectivity index (χ2n) is 5.27. The summed E-state index contributed by atoms with van der Waals surface area (Å²) in [5.41, 5.74) is 2.73. The van der Waals surface area contributed by atoms with Crippen LogP contribution >= 0.6 is 0 Å². The minimum atomic E-state index is -0.401. The summed E-state index contributed by atoms with van der Waals surface area (Å²) in [7, 11) is 1.36. The standard InChI is InChI=1S/C18H20O3/c1-12(2)14-9-10-16(13(3)11-14)21-17-8-6-5-7-15(17)18(19)20-4/h5-12H,1-4H3. The van der Waals surface area contributed by atoms with E-state index in [0.29, 0.717) is 17.2 Å². The first-order chi connectivity index (χ1) is 10.0. The molecule has 0 bridgehead atoms. The highest BCUT2D eigenvalue weighted by Gasteiger charge is 2.14. The van der Waals surface area contributed by atoms with Crippen LogP contribution in [0.15, 0.2) is 42.5 Å². The fourth-order valence-corrected chi connectivity index (χ4v) is 2.10. The molecule has 0 saturated heterocycles. The van der Waals surface area contributed by atoms with Gasteiger partial charge in [-0.05, 0) is 42.2 Å². The number of hydrogen-bond donors (Lipinski definition) is 0. The molecule has 21 heavy (non-hydrogen) atoms. The van der Waals surface area contributed by atoms with Crippen LogP contribution in [0.1, 0.15) is 41.3 Å². The van der Waals surface area contributed by atoms with E-state index in [0.717, 1.165) is 11.3 Å². The van der Waals surface area contributed by atoms with E-state index in [1.807, 2.05) is 25.1 Å². The van der Waals surface area contributed by atoms with Crippen LogP contribution < -0.4 is 4.74 Å². The van der Waals surface area contributed by atoms with Crippen LogP contribution in [0.5, 0.6) is 11.5 Å². The highest BCUT2D eigenvalue weighted by Crippen LogP contribution is 2.30. The van der Waals surface area contributed by atoms with Crippen LogP contribution in [0.3, 0.4) is 0 Å². The molecule has 0 saturated carbocycles. The molecule has 0 N–H and O–H groups in total. The molecule has 3 nitrogen and oxygen atoms in total. The van der Waals surface area contributed by atoms with E-state index in [-0.39, 0.29) is 0 Å². The van der Waals surface area contributed by atoms with Gasteiger partial charge in [-0.3, -0.25) is 0 Å². The number of carbonyl (C=O) groups is 1. The molecule has 0 aromatic heterocycles. The zero-order valence-corrected chi connectivity index (χ0v) is 12.8. The quantitative estimate of drug-likeness (QED) is 0.763. The Morgan fingerprint density at radius 1 is 1.05 bits per heavy atom. The third kappa shape index (κ3) is 3.43. The Morgan fingerprint density at radius 3 is 2.38 bits per heavy atom. The van der Waals surface area contributed by atoms with E-state index in [4.69, 9.17) is 9.47 Å². The zero-order valence-electron chi connectivity index (χ0n) is 12.8. The lowest BCUT2D eigenvalue weighted by molar-refractivity contribution is 0.0598. The fourth-order valence-electron chi connectivity index (χ4n) is 2.10. The molecule has 0 heterocycles. The predicted molar refractivity (Wildman–Crippen MR) is 83.1 cm³/mol. The second kappa shape index (κ2) is 6.44. The van der Waals surface area contributed by atoms with E-state index >= 15 is 0 Å². The summed E-state index contributed by atoms with van der Waals surface area (Å²) in [4.78, 5) is 11.8. The maximum Gasteiger partial charge on any atom is 0.341 e. The molecule has 0 radical (unpaired) electrons. The van der Waals surface area contributed by atoms with E-state index in [9.17, 15) is 4.79 Å². The monoisotopic (exact) mass is 284 g/mol. The number of esters is 1. The van der Waals surface area contributed by atoms with Gasteiger partial charge in [0.2, 0.25) is 0 Å². The van der Waals surface area contributed by atoms with Gasteiger partial charge in [0.05, 0.1) is 7.11 Å². The smallest absolute Gasteiger partial charge is 0.341 e. The molecular weight excluding hydrogens is 264 g/mol. The number of hydrogen-bond acceptors (Lipinski definition) is 3. The highest BCUT2D eigenvalue weighted by atomic mass is 16.5. The van der Waals surface area contributed by atoms with Crippen LogP contribution in [0.25, 0.3) is 0 Å². The molecule has 0 atom stereocenters. The Kier molecular flexibility index (Phi) is 4.63. The maximum absolute atomic E-state index is 11.8. The summed E-state index contributed by atoms with van der Waals surface area (Å²) in [6, 6.07) is 13.2. The zero-order chi connectivity index (χ0) is 15.4. The maximum atomic E-state index is 11.8. The molecule has 2 aromatic rings. The number of methoxy groups -OCH3 is 1. The average Bonchev–Trinajstić information content (AvgIpc) is 2.49. The van der Waals surface area contributed by atoms with Gasteiger partial charge < -0.3 is 9.47 Å². The van der Waals surface area contributed by atoms with Gasteiger partial charge in [-0.15, -0.1) is 0 Å². The molecule has 110 valence electrons. The first-order valence-electron chi connectivity index (χ1n) is 6.98. The van der Waals surface area contributed by atoms with Crippen molar-refractivity contribution in [2.24, 2.45) is 0 Å². The van der Waals surface area contributed by atoms with Crippen LogP contribution in [0.4, 0.5) is 0 Å². The molecule has 2 aromatic carbocycles. The van der Waals surface area contributed by atoms with Gasteiger partial charge in [0, 0.05) is 0 Å². The topological polar surface area (TPSA) is 35.5 Å². The number of benzene rings is 2. The molecule has 0 spiro atoms. The van der Waals surface area contributed by atoms with Crippen molar-refractivity contribution in [2.75, 3.05) is 7.11 Å². The molecule has 0 aliphatic carbocycles. The summed E-state index contributed by atoms with van der Waals surface area (Å²) in [6.45, 7) is 6.31. The minimum Gasteiger partial charge on any atom is -0.465 e. The molecule has 0 aliphatic heterocycles. The average molecular weight is 284 g/mol. The summed E-state index contributed by atoms with van der Waals surface area (Å²) in [5, 5.41) is 0. The lowest BCUT2D eigenvalue weighted by Gasteiger charge is -2.14. The Morgan fingerprint density at radius 2 is 1.76 bits per heavy atom. The van der Waals surface area contributed by atoms with Gasteiger partial charge in [0.15, 0.2) is 0 Å². The van der Waals surface area contributed by atoms with E-state index in [2.05, 4.69) is 19.9 Å². The predicted octanol–water partition coefficient (Wildman–Crippen LogP) is 4.70. The largest absolute Gasteiger partial charge is 0.465 e. The van der Waals surface area contributed by atoms with Crippen molar-refractivity contribution in [3.05, 3.63) is 59.2 Å². The summed E-state index contributed by atoms with van der Waals surface area (Å²) in [5.74, 6) is 1.32. The first-order valence-corrected chi connectivity index (χ1v) is 6.98. The van der Waals surface area contributed by atoms with Gasteiger partial charge in [-0.1, -0.05) is 38.1 Å². The summed E-state index contributed by atoms with van der Waals surface area (Å²) in [6.07, 6.45) is 0. The number of carbonyl (C=O) groups excluding carboxylic acids is 1. The Balaban J connectivity index is 2.33. The highest BCUT2D eigenvalue weighted by molar-refractivity contribution is 5.92. The molecule has 2 rings (SSSR count). The van der Waals surface area contributed by atoms with Crippen molar-refractivity contribution in [1.82, 2.24) is 0 Å². The van der Waals surface area contributed by atoms with Crippen LogP contribution in [0.2, 0.25) is 0 Å². The fraction of sp³-hybridized carbons (Fsp3) is 0.278. The van der Waals surface area contributed by atoms with E-state index in [1.165, 1.54) is 12.7 Å². The van der Waals surface area contributed by atoms with Crippen LogP contribution in [-0.4, -0.2) is 13.1 Å². The second-order valence-corrected chi connectivity index (χ2v) is 5.27. The summed E-state index contributed by atoms with van der Waals surface area (Å²) < 4.78 is 10.7. The van der Waals surface area contributed by atoms with Gasteiger partial charge in [0.1, 0.15) is 17.1 Å². The van der Waals surface area contributed by atoms with E-state index in [1.54, 1.807) is 18.2 Å². The normalized spacial score (nSPS) is 10.5. The SMILES string of the molecule is COC(=O)c1ccccc1Oc1ccc(C(C)C)cc1C. The van der Waals surface area contributed by atoms with Crippen molar-refractivity contribution in [3.8, 4) is 11.5 Å². The Hall–Kier alpha value is -2.29. The first kappa shape index (κ1) is 15.1. The van der Waals surface area contributed by atoms with Crippen molar-refractivity contribution in [3.63, 3.8) is 0 Å². The lowest BCUT2D eigenvalue weighted by atomic mass is 10.0. The number of aryl methyl sites for hydroxylation is 1. The summed E-state index contributed by atoms with van der Waals surface area (Å²) >= 11 is 0. The molecular formula is C18H20O3. The van der Waals surface area contributed by atoms with Crippen molar-refractivity contribution in [2.45, 2.75) is 26.7 Å². The number of ether oxygens (including phenoxy) is 2. The van der Waals surface area contributed by atoms with Gasteiger partial charge in [-0.2, -0.15) is 0 Å². The van der Waals surface area contributed by atoms with Crippen molar-refractivity contribution in [1.29, 1.82) is 0 Å². The molecule has 0 amide bonds. The number of para-hydroxylation sites is 1. The number of rotatable bonds is 4. The minimum absolute atomic E-state index is 0.401. The van der Waals surface area contributed by atoms with Gasteiger partial charge in [-0.25, -0.2) is 4.79 Å². The van der Waals surface area contributed by atoms with Crippen LogP contribution in [0, 0.1) is 6.92 Å². The van der Waals surface area contributed by atoms with Crippen LogP contribution in [-0.2, 0) is 4.74 Å². The van der Waals surface area contributed by atoms with Gasteiger partial charge >= 0.3 is 5.97 Å². The molecule has 3 heteroatoms.